The number of amides is 1. The van der Waals surface area contributed by atoms with Gasteiger partial charge in [0.1, 0.15) is 5.82 Å². The van der Waals surface area contributed by atoms with Gasteiger partial charge < -0.3 is 5.32 Å². The number of nitrogens with zero attached hydrogens (tertiary/aromatic N) is 1. The van der Waals surface area contributed by atoms with E-state index in [4.69, 9.17) is 23.2 Å². The van der Waals surface area contributed by atoms with Crippen LogP contribution in [0.15, 0.2) is 42.5 Å². The van der Waals surface area contributed by atoms with Crippen molar-refractivity contribution in [3.8, 4) is 0 Å². The number of sulfonamides is 1. The number of nitrogens with one attached hydrogen (secondary N) is 1. The first-order valence-electron chi connectivity index (χ1n) is 8.73. The fourth-order valence-electron chi connectivity index (χ4n) is 3.11. The summed E-state index contributed by atoms with van der Waals surface area (Å²) in [5.41, 5.74) is 0.934. The van der Waals surface area contributed by atoms with E-state index in [2.05, 4.69) is 5.32 Å². The lowest BCUT2D eigenvalue weighted by molar-refractivity contribution is -0.120. The third-order valence-corrected chi connectivity index (χ3v) is 6.99. The van der Waals surface area contributed by atoms with E-state index in [1.807, 2.05) is 0 Å². The number of carbonyl (C=O) groups excluding carboxylic acids is 1. The van der Waals surface area contributed by atoms with Crippen molar-refractivity contribution in [1.29, 1.82) is 0 Å². The molecular weight excluding hydrogens is 426 g/mol. The molecule has 1 amide bonds. The lowest BCUT2D eigenvalue weighted by atomic mass is 9.99. The predicted octanol–water partition coefficient (Wildman–Crippen LogP) is 4.31. The molecule has 0 aliphatic carbocycles. The molecule has 2 aromatic rings. The molecule has 0 saturated carbocycles. The summed E-state index contributed by atoms with van der Waals surface area (Å²) in [4.78, 5) is 12.5. The van der Waals surface area contributed by atoms with Crippen LogP contribution in [-0.2, 0) is 20.6 Å². The first kappa shape index (κ1) is 21.0. The summed E-state index contributed by atoms with van der Waals surface area (Å²) in [6.45, 7) is 0.453. The molecule has 1 atom stereocenters. The molecule has 0 spiro atoms. The Morgan fingerprint density at radius 3 is 2.57 bits per heavy atom. The molecule has 1 aliphatic heterocycles. The Morgan fingerprint density at radius 2 is 1.89 bits per heavy atom. The highest BCUT2D eigenvalue weighted by Crippen LogP contribution is 2.26. The molecule has 28 heavy (non-hydrogen) atoms. The number of piperidine rings is 1. The summed E-state index contributed by atoms with van der Waals surface area (Å²) >= 11 is 12.0. The Kier molecular flexibility index (Phi) is 6.60. The fourth-order valence-corrected chi connectivity index (χ4v) is 5.31. The van der Waals surface area contributed by atoms with Gasteiger partial charge in [0.2, 0.25) is 15.9 Å². The summed E-state index contributed by atoms with van der Waals surface area (Å²) in [6, 6.07) is 10.1. The first-order chi connectivity index (χ1) is 13.2. The van der Waals surface area contributed by atoms with Crippen molar-refractivity contribution < 1.29 is 17.6 Å². The summed E-state index contributed by atoms with van der Waals surface area (Å²) in [5.74, 6) is -1.41. The van der Waals surface area contributed by atoms with E-state index in [0.29, 0.717) is 40.7 Å². The minimum absolute atomic E-state index is 0.0978. The van der Waals surface area contributed by atoms with E-state index in [-0.39, 0.29) is 18.2 Å². The number of rotatable bonds is 5. The van der Waals surface area contributed by atoms with Gasteiger partial charge in [-0.15, -0.1) is 0 Å². The molecule has 1 unspecified atom stereocenters. The molecule has 1 aliphatic rings. The standard InChI is InChI=1S/C19H19Cl2FN2O3S/c20-15-4-3-14(18(21)10-15)12-28(26,27)24-9-1-2-13(11-24)19(25)23-17-7-5-16(22)6-8-17/h3-8,10,13H,1-2,9,11-12H2,(H,23,25). The van der Waals surface area contributed by atoms with Gasteiger partial charge in [0.15, 0.2) is 0 Å². The lowest BCUT2D eigenvalue weighted by Crippen LogP contribution is -2.44. The van der Waals surface area contributed by atoms with Gasteiger partial charge in [-0.05, 0) is 54.8 Å². The number of hydrogen-bond acceptors (Lipinski definition) is 3. The monoisotopic (exact) mass is 444 g/mol. The summed E-state index contributed by atoms with van der Waals surface area (Å²) in [6.07, 6.45) is 1.16. The molecule has 1 heterocycles. The molecule has 3 rings (SSSR count). The van der Waals surface area contributed by atoms with Gasteiger partial charge in [-0.3, -0.25) is 4.79 Å². The SMILES string of the molecule is O=C(Nc1ccc(F)cc1)C1CCCN(S(=O)(=O)Cc2ccc(Cl)cc2Cl)C1. The zero-order chi connectivity index (χ0) is 20.3. The molecule has 0 radical (unpaired) electrons. The zero-order valence-electron chi connectivity index (χ0n) is 14.9. The van der Waals surface area contributed by atoms with Gasteiger partial charge in [0.25, 0.3) is 0 Å². The molecular formula is C19H19Cl2FN2O3S. The van der Waals surface area contributed by atoms with Crippen molar-refractivity contribution >= 4 is 44.8 Å². The molecule has 2 aromatic carbocycles. The topological polar surface area (TPSA) is 66.5 Å². The number of halogens is 3. The Balaban J connectivity index is 1.67. The quantitative estimate of drug-likeness (QED) is 0.746. The van der Waals surface area contributed by atoms with Gasteiger partial charge in [-0.25, -0.2) is 17.1 Å². The molecule has 0 bridgehead atoms. The summed E-state index contributed by atoms with van der Waals surface area (Å²) < 4.78 is 40.0. The fraction of sp³-hybridized carbons (Fsp3) is 0.316. The van der Waals surface area contributed by atoms with E-state index in [0.717, 1.165) is 0 Å². The van der Waals surface area contributed by atoms with E-state index >= 15 is 0 Å². The second-order valence-corrected chi connectivity index (χ2v) is 9.50. The van der Waals surface area contributed by atoms with Crippen molar-refractivity contribution in [3.05, 3.63) is 63.9 Å². The second-order valence-electron chi connectivity index (χ2n) is 6.69. The van der Waals surface area contributed by atoms with E-state index in [1.54, 1.807) is 12.1 Å². The van der Waals surface area contributed by atoms with Gasteiger partial charge in [-0.1, -0.05) is 29.3 Å². The van der Waals surface area contributed by atoms with Crippen molar-refractivity contribution in [2.75, 3.05) is 18.4 Å². The van der Waals surface area contributed by atoms with Crippen LogP contribution in [0.5, 0.6) is 0 Å². The predicted molar refractivity (Wildman–Crippen MR) is 108 cm³/mol. The zero-order valence-corrected chi connectivity index (χ0v) is 17.2. The first-order valence-corrected chi connectivity index (χ1v) is 11.1. The highest BCUT2D eigenvalue weighted by molar-refractivity contribution is 7.88. The average Bonchev–Trinajstić information content (AvgIpc) is 2.66. The van der Waals surface area contributed by atoms with Crippen molar-refractivity contribution in [2.45, 2.75) is 18.6 Å². The minimum atomic E-state index is -3.64. The summed E-state index contributed by atoms with van der Waals surface area (Å²) in [7, 11) is -3.64. The van der Waals surface area contributed by atoms with Gasteiger partial charge in [-0.2, -0.15) is 0 Å². The van der Waals surface area contributed by atoms with Crippen LogP contribution in [-0.4, -0.2) is 31.7 Å². The molecule has 0 aromatic heterocycles. The van der Waals surface area contributed by atoms with Crippen molar-refractivity contribution in [2.24, 2.45) is 5.92 Å². The highest BCUT2D eigenvalue weighted by Gasteiger charge is 2.32. The molecule has 9 heteroatoms. The van der Waals surface area contributed by atoms with Crippen LogP contribution in [0.1, 0.15) is 18.4 Å². The maximum absolute atomic E-state index is 13.0. The Morgan fingerprint density at radius 1 is 1.18 bits per heavy atom. The Labute approximate surface area is 173 Å². The maximum Gasteiger partial charge on any atom is 0.228 e. The van der Waals surface area contributed by atoms with Crippen LogP contribution < -0.4 is 5.32 Å². The van der Waals surface area contributed by atoms with Crippen molar-refractivity contribution in [3.63, 3.8) is 0 Å². The molecule has 150 valence electrons. The average molecular weight is 445 g/mol. The van der Waals surface area contributed by atoms with Crippen LogP contribution in [0.3, 0.4) is 0 Å². The molecule has 1 N–H and O–H groups in total. The van der Waals surface area contributed by atoms with E-state index in [9.17, 15) is 17.6 Å². The Hall–Kier alpha value is -1.67. The maximum atomic E-state index is 13.0. The van der Waals surface area contributed by atoms with Gasteiger partial charge in [0, 0.05) is 28.8 Å². The number of carbonyl (C=O) groups is 1. The molecule has 1 saturated heterocycles. The van der Waals surface area contributed by atoms with Crippen LogP contribution >= 0.6 is 23.2 Å². The number of benzene rings is 2. The minimum Gasteiger partial charge on any atom is -0.326 e. The van der Waals surface area contributed by atoms with Crippen LogP contribution in [0.4, 0.5) is 10.1 Å². The van der Waals surface area contributed by atoms with Gasteiger partial charge in [0.05, 0.1) is 11.7 Å². The normalized spacial score (nSPS) is 18.0. The largest absolute Gasteiger partial charge is 0.326 e. The van der Waals surface area contributed by atoms with E-state index < -0.39 is 21.8 Å². The van der Waals surface area contributed by atoms with Crippen LogP contribution in [0.2, 0.25) is 10.0 Å². The number of anilines is 1. The van der Waals surface area contributed by atoms with Crippen LogP contribution in [0, 0.1) is 11.7 Å². The lowest BCUT2D eigenvalue weighted by Gasteiger charge is -2.31. The molecule has 5 nitrogen and oxygen atoms in total. The van der Waals surface area contributed by atoms with Gasteiger partial charge >= 0.3 is 0 Å². The second kappa shape index (κ2) is 8.78. The Bertz CT molecular complexity index is 968. The smallest absolute Gasteiger partial charge is 0.228 e. The molecule has 1 fully saturated rings. The highest BCUT2D eigenvalue weighted by atomic mass is 35.5. The summed E-state index contributed by atoms with van der Waals surface area (Å²) in [5, 5.41) is 3.44. The number of hydrogen-bond donors (Lipinski definition) is 1. The van der Waals surface area contributed by atoms with Crippen molar-refractivity contribution in [1.82, 2.24) is 4.31 Å². The third-order valence-electron chi connectivity index (χ3n) is 4.61. The van der Waals surface area contributed by atoms with E-state index in [1.165, 1.54) is 34.6 Å². The third kappa shape index (κ3) is 5.23. The van der Waals surface area contributed by atoms with Crippen LogP contribution in [0.25, 0.3) is 0 Å².